The third-order valence-corrected chi connectivity index (χ3v) is 2.26. The molecular weight excluding hydrogens is 126 g/mol. The second-order valence-electron chi connectivity index (χ2n) is 3.39. The van der Waals surface area contributed by atoms with Gasteiger partial charge in [0.2, 0.25) is 0 Å². The van der Waals surface area contributed by atoms with Crippen LogP contribution >= 0.6 is 0 Å². The Morgan fingerprint density at radius 1 is 1.60 bits per heavy atom. The molecule has 1 saturated heterocycles. The van der Waals surface area contributed by atoms with Crippen molar-refractivity contribution in [3.8, 4) is 0 Å². The van der Waals surface area contributed by atoms with E-state index in [1.54, 1.807) is 7.11 Å². The van der Waals surface area contributed by atoms with Crippen molar-refractivity contribution in [3.63, 3.8) is 0 Å². The van der Waals surface area contributed by atoms with Crippen LogP contribution in [0.1, 0.15) is 13.3 Å². The van der Waals surface area contributed by atoms with Gasteiger partial charge in [0.05, 0.1) is 6.61 Å². The molecule has 0 amide bonds. The summed E-state index contributed by atoms with van der Waals surface area (Å²) in [6.45, 7) is 4.42. The summed E-state index contributed by atoms with van der Waals surface area (Å²) < 4.78 is 5.10. The number of methoxy groups -OCH3 is 1. The Kier molecular flexibility index (Phi) is 2.69. The lowest BCUT2D eigenvalue weighted by molar-refractivity contribution is 0.129. The number of likely N-dealkylation sites (tertiary alicyclic amines) is 1. The average molecular weight is 143 g/mol. The zero-order valence-electron chi connectivity index (χ0n) is 7.13. The first-order chi connectivity index (χ1) is 4.74. The lowest BCUT2D eigenvalue weighted by atomic mass is 10.1. The van der Waals surface area contributed by atoms with Crippen LogP contribution < -0.4 is 0 Å². The topological polar surface area (TPSA) is 12.5 Å². The normalized spacial score (nSPS) is 35.1. The Morgan fingerprint density at radius 2 is 2.30 bits per heavy atom. The van der Waals surface area contributed by atoms with E-state index >= 15 is 0 Å². The first-order valence-electron chi connectivity index (χ1n) is 3.93. The van der Waals surface area contributed by atoms with E-state index < -0.39 is 0 Å². The Hall–Kier alpha value is -0.0800. The van der Waals surface area contributed by atoms with E-state index in [9.17, 15) is 0 Å². The van der Waals surface area contributed by atoms with Gasteiger partial charge in [0.25, 0.3) is 0 Å². The molecule has 1 rings (SSSR count). The van der Waals surface area contributed by atoms with E-state index in [1.807, 2.05) is 0 Å². The number of likely N-dealkylation sites (N-methyl/N-ethyl adjacent to an activating group) is 1. The summed E-state index contributed by atoms with van der Waals surface area (Å²) >= 11 is 0. The number of nitrogens with zero attached hydrogens (tertiary/aromatic N) is 1. The summed E-state index contributed by atoms with van der Waals surface area (Å²) in [7, 11) is 3.95. The quantitative estimate of drug-likeness (QED) is 0.571. The number of hydrogen-bond acceptors (Lipinski definition) is 2. The molecule has 0 aliphatic carbocycles. The van der Waals surface area contributed by atoms with Gasteiger partial charge in [-0.05, 0) is 19.4 Å². The molecule has 0 saturated carbocycles. The largest absolute Gasteiger partial charge is 0.383 e. The second-order valence-corrected chi connectivity index (χ2v) is 3.39. The average Bonchev–Trinajstić information content (AvgIpc) is 2.13. The van der Waals surface area contributed by atoms with Crippen molar-refractivity contribution in [2.45, 2.75) is 19.4 Å². The molecule has 0 unspecified atom stereocenters. The zero-order chi connectivity index (χ0) is 7.56. The van der Waals surface area contributed by atoms with Crippen LogP contribution in [0.3, 0.4) is 0 Å². The van der Waals surface area contributed by atoms with Gasteiger partial charge in [0.1, 0.15) is 0 Å². The molecule has 1 aliphatic rings. The molecule has 10 heavy (non-hydrogen) atoms. The van der Waals surface area contributed by atoms with Crippen molar-refractivity contribution in [2.24, 2.45) is 5.92 Å². The van der Waals surface area contributed by atoms with E-state index in [4.69, 9.17) is 4.74 Å². The fourth-order valence-electron chi connectivity index (χ4n) is 1.75. The molecule has 1 fully saturated rings. The van der Waals surface area contributed by atoms with Crippen LogP contribution in [0.5, 0.6) is 0 Å². The van der Waals surface area contributed by atoms with Gasteiger partial charge >= 0.3 is 0 Å². The third kappa shape index (κ3) is 1.70. The van der Waals surface area contributed by atoms with Crippen molar-refractivity contribution in [1.82, 2.24) is 4.90 Å². The maximum absolute atomic E-state index is 5.10. The first-order valence-corrected chi connectivity index (χ1v) is 3.93. The molecule has 2 atom stereocenters. The Morgan fingerprint density at radius 3 is 2.70 bits per heavy atom. The molecule has 2 heteroatoms. The molecule has 0 aromatic carbocycles. The van der Waals surface area contributed by atoms with Crippen molar-refractivity contribution in [1.29, 1.82) is 0 Å². The SMILES string of the molecule is COC[C@@H]1C[C@@H](C)CN1C. The Bertz CT molecular complexity index is 105. The van der Waals surface area contributed by atoms with Gasteiger partial charge < -0.3 is 9.64 Å². The van der Waals surface area contributed by atoms with Crippen LogP contribution in [0, 0.1) is 5.92 Å². The molecule has 0 spiro atoms. The van der Waals surface area contributed by atoms with E-state index in [2.05, 4.69) is 18.9 Å². The molecule has 0 aromatic rings. The van der Waals surface area contributed by atoms with Crippen molar-refractivity contribution in [3.05, 3.63) is 0 Å². The van der Waals surface area contributed by atoms with E-state index in [0.29, 0.717) is 6.04 Å². The van der Waals surface area contributed by atoms with Gasteiger partial charge in [-0.25, -0.2) is 0 Å². The summed E-state index contributed by atoms with van der Waals surface area (Å²) in [4.78, 5) is 2.38. The molecular formula is C8H17NO. The molecule has 0 N–H and O–H groups in total. The molecule has 0 radical (unpaired) electrons. The summed E-state index contributed by atoms with van der Waals surface area (Å²) in [5.74, 6) is 0.852. The fraction of sp³-hybridized carbons (Fsp3) is 1.00. The summed E-state index contributed by atoms with van der Waals surface area (Å²) in [6, 6.07) is 0.667. The summed E-state index contributed by atoms with van der Waals surface area (Å²) in [5.41, 5.74) is 0. The molecule has 2 nitrogen and oxygen atoms in total. The number of rotatable bonds is 2. The maximum Gasteiger partial charge on any atom is 0.0618 e. The summed E-state index contributed by atoms with van der Waals surface area (Å²) in [5, 5.41) is 0. The monoisotopic (exact) mass is 143 g/mol. The van der Waals surface area contributed by atoms with Gasteiger partial charge in [0.15, 0.2) is 0 Å². The first kappa shape index (κ1) is 8.02. The maximum atomic E-state index is 5.10. The zero-order valence-corrected chi connectivity index (χ0v) is 7.13. The van der Waals surface area contributed by atoms with Gasteiger partial charge in [-0.1, -0.05) is 6.92 Å². The third-order valence-electron chi connectivity index (χ3n) is 2.26. The van der Waals surface area contributed by atoms with E-state index in [-0.39, 0.29) is 0 Å². The van der Waals surface area contributed by atoms with Crippen LogP contribution in [0.15, 0.2) is 0 Å². The standard InChI is InChI=1S/C8H17NO/c1-7-4-8(6-10-3)9(2)5-7/h7-8H,4-6H2,1-3H3/t7-,8+/m1/s1. The van der Waals surface area contributed by atoms with E-state index in [0.717, 1.165) is 12.5 Å². The van der Waals surface area contributed by atoms with Crippen LogP contribution in [-0.2, 0) is 4.74 Å². The molecule has 0 aromatic heterocycles. The molecule has 0 bridgehead atoms. The number of hydrogen-bond donors (Lipinski definition) is 0. The highest BCUT2D eigenvalue weighted by Gasteiger charge is 2.25. The van der Waals surface area contributed by atoms with Gasteiger partial charge in [-0.2, -0.15) is 0 Å². The van der Waals surface area contributed by atoms with Crippen LogP contribution in [0.4, 0.5) is 0 Å². The van der Waals surface area contributed by atoms with Crippen molar-refractivity contribution in [2.75, 3.05) is 27.3 Å². The number of ether oxygens (including phenoxy) is 1. The highest BCUT2D eigenvalue weighted by Crippen LogP contribution is 2.20. The summed E-state index contributed by atoms with van der Waals surface area (Å²) in [6.07, 6.45) is 1.30. The Labute approximate surface area is 63.2 Å². The van der Waals surface area contributed by atoms with E-state index in [1.165, 1.54) is 13.0 Å². The highest BCUT2D eigenvalue weighted by atomic mass is 16.5. The minimum atomic E-state index is 0.667. The lowest BCUT2D eigenvalue weighted by Crippen LogP contribution is -2.28. The predicted octanol–water partition coefficient (Wildman–Crippen LogP) is 0.973. The molecule has 60 valence electrons. The smallest absolute Gasteiger partial charge is 0.0618 e. The fourth-order valence-corrected chi connectivity index (χ4v) is 1.75. The molecule has 1 heterocycles. The minimum absolute atomic E-state index is 0.667. The van der Waals surface area contributed by atoms with Crippen LogP contribution in [0.25, 0.3) is 0 Å². The molecule has 1 aliphatic heterocycles. The van der Waals surface area contributed by atoms with Crippen molar-refractivity contribution >= 4 is 0 Å². The predicted molar refractivity (Wildman–Crippen MR) is 42.1 cm³/mol. The minimum Gasteiger partial charge on any atom is -0.383 e. The van der Waals surface area contributed by atoms with Gasteiger partial charge in [0, 0.05) is 19.7 Å². The highest BCUT2D eigenvalue weighted by molar-refractivity contribution is 4.80. The second kappa shape index (κ2) is 3.35. The van der Waals surface area contributed by atoms with Gasteiger partial charge in [-0.15, -0.1) is 0 Å². The Balaban J connectivity index is 2.31. The van der Waals surface area contributed by atoms with Crippen molar-refractivity contribution < 1.29 is 4.74 Å². The van der Waals surface area contributed by atoms with Gasteiger partial charge in [-0.3, -0.25) is 0 Å². The lowest BCUT2D eigenvalue weighted by Gasteiger charge is -2.17. The van der Waals surface area contributed by atoms with Crippen LogP contribution in [-0.4, -0.2) is 38.3 Å². The van der Waals surface area contributed by atoms with Crippen LogP contribution in [0.2, 0.25) is 0 Å².